The van der Waals surface area contributed by atoms with Gasteiger partial charge in [-0.05, 0) is 60.2 Å². The molecule has 7 heteroatoms. The second-order valence-electron chi connectivity index (χ2n) is 7.39. The molecule has 0 aliphatic heterocycles. The van der Waals surface area contributed by atoms with Crippen LogP contribution in [0.4, 0.5) is 5.69 Å². The summed E-state index contributed by atoms with van der Waals surface area (Å²) in [5, 5.41) is 6.67. The van der Waals surface area contributed by atoms with Crippen LogP contribution in [0.5, 0.6) is 11.5 Å². The number of benzene rings is 3. The Balaban J connectivity index is 1.44. The summed E-state index contributed by atoms with van der Waals surface area (Å²) in [6.45, 7) is 1.41. The van der Waals surface area contributed by atoms with Crippen molar-refractivity contribution in [2.45, 2.75) is 19.4 Å². The van der Waals surface area contributed by atoms with E-state index in [1.807, 2.05) is 54.7 Å². The van der Waals surface area contributed by atoms with Gasteiger partial charge < -0.3 is 20.4 Å². The first-order valence-corrected chi connectivity index (χ1v) is 10.9. The fraction of sp³-hybridized carbons (Fsp3) is 0.120. The summed E-state index contributed by atoms with van der Waals surface area (Å²) in [6, 6.07) is 21.8. The highest BCUT2D eigenvalue weighted by Gasteiger charge is 2.21. The van der Waals surface area contributed by atoms with Gasteiger partial charge in [-0.25, -0.2) is 0 Å². The molecule has 1 atom stereocenters. The van der Waals surface area contributed by atoms with Crippen molar-refractivity contribution >= 4 is 44.3 Å². The highest BCUT2D eigenvalue weighted by atomic mass is 79.9. The van der Waals surface area contributed by atoms with E-state index in [0.29, 0.717) is 17.9 Å². The molecule has 1 aromatic heterocycles. The molecule has 0 bridgehead atoms. The second kappa shape index (κ2) is 9.70. The van der Waals surface area contributed by atoms with E-state index in [9.17, 15) is 9.59 Å². The van der Waals surface area contributed by atoms with Crippen LogP contribution in [0.15, 0.2) is 83.5 Å². The first-order valence-electron chi connectivity index (χ1n) is 10.1. The number of hydrogen-bond donors (Lipinski definition) is 3. The van der Waals surface area contributed by atoms with Gasteiger partial charge >= 0.3 is 0 Å². The summed E-state index contributed by atoms with van der Waals surface area (Å²) in [4.78, 5) is 27.9. The number of anilines is 1. The Morgan fingerprint density at radius 2 is 1.62 bits per heavy atom. The number of carbonyl (C=O) groups is 2. The Bertz CT molecular complexity index is 1230. The third-order valence-corrected chi connectivity index (χ3v) is 5.49. The number of H-pyrrole nitrogens is 1. The quantitative estimate of drug-likeness (QED) is 0.323. The van der Waals surface area contributed by atoms with Crippen LogP contribution in [-0.2, 0) is 16.0 Å². The standard InChI is InChI=1S/C25H22BrN3O3/c1-16(30)28-24(14-17-15-27-23-5-3-2-4-22(17)23)25(31)29-19-8-12-21(13-9-19)32-20-10-6-18(26)7-11-20/h2-13,15,24,27H,14H2,1H3,(H,28,30)(H,29,31)/t24-/m0/s1. The summed E-state index contributed by atoms with van der Waals surface area (Å²) in [5.74, 6) is 0.826. The maximum atomic E-state index is 12.9. The van der Waals surface area contributed by atoms with Gasteiger partial charge in [0.2, 0.25) is 11.8 Å². The number of nitrogens with one attached hydrogen (secondary N) is 3. The Kier molecular flexibility index (Phi) is 6.56. The summed E-state index contributed by atoms with van der Waals surface area (Å²) in [6.07, 6.45) is 2.25. The molecule has 32 heavy (non-hydrogen) atoms. The van der Waals surface area contributed by atoms with E-state index in [0.717, 1.165) is 26.7 Å². The van der Waals surface area contributed by atoms with E-state index >= 15 is 0 Å². The van der Waals surface area contributed by atoms with Crippen molar-refractivity contribution in [1.82, 2.24) is 10.3 Å². The van der Waals surface area contributed by atoms with Crippen LogP contribution in [0.2, 0.25) is 0 Å². The van der Waals surface area contributed by atoms with E-state index in [4.69, 9.17) is 4.74 Å². The lowest BCUT2D eigenvalue weighted by Crippen LogP contribution is -2.44. The van der Waals surface area contributed by atoms with E-state index in [1.54, 1.807) is 24.3 Å². The van der Waals surface area contributed by atoms with E-state index in [-0.39, 0.29) is 11.8 Å². The van der Waals surface area contributed by atoms with Gasteiger partial charge in [0.05, 0.1) is 0 Å². The normalized spacial score (nSPS) is 11.7. The minimum atomic E-state index is -0.703. The molecule has 0 aliphatic carbocycles. The molecule has 0 saturated carbocycles. The first-order chi connectivity index (χ1) is 15.5. The summed E-state index contributed by atoms with van der Waals surface area (Å²) in [5.41, 5.74) is 2.58. The third kappa shape index (κ3) is 5.36. The van der Waals surface area contributed by atoms with Gasteiger partial charge in [-0.3, -0.25) is 9.59 Å². The number of halogens is 1. The average molecular weight is 492 g/mol. The van der Waals surface area contributed by atoms with Crippen LogP contribution in [0.1, 0.15) is 12.5 Å². The zero-order valence-electron chi connectivity index (χ0n) is 17.4. The van der Waals surface area contributed by atoms with E-state index in [1.165, 1.54) is 6.92 Å². The topological polar surface area (TPSA) is 83.2 Å². The monoisotopic (exact) mass is 491 g/mol. The molecule has 4 aromatic rings. The van der Waals surface area contributed by atoms with Crippen molar-refractivity contribution in [1.29, 1.82) is 0 Å². The highest BCUT2D eigenvalue weighted by molar-refractivity contribution is 9.10. The van der Waals surface area contributed by atoms with Crippen molar-refractivity contribution in [3.8, 4) is 11.5 Å². The third-order valence-electron chi connectivity index (χ3n) is 4.96. The molecular formula is C25H22BrN3O3. The molecule has 3 N–H and O–H groups in total. The molecule has 0 unspecified atom stereocenters. The predicted molar refractivity (Wildman–Crippen MR) is 129 cm³/mol. The number of amides is 2. The predicted octanol–water partition coefficient (Wildman–Crippen LogP) is 5.41. The summed E-state index contributed by atoms with van der Waals surface area (Å²) in [7, 11) is 0. The lowest BCUT2D eigenvalue weighted by molar-refractivity contribution is -0.125. The molecule has 0 fully saturated rings. The number of aromatic amines is 1. The van der Waals surface area contributed by atoms with Crippen LogP contribution >= 0.6 is 15.9 Å². The smallest absolute Gasteiger partial charge is 0.247 e. The maximum Gasteiger partial charge on any atom is 0.247 e. The van der Waals surface area contributed by atoms with Crippen LogP contribution in [0, 0.1) is 0 Å². The molecule has 0 aliphatic rings. The minimum absolute atomic E-state index is 0.261. The van der Waals surface area contributed by atoms with Gasteiger partial charge in [0.25, 0.3) is 0 Å². The molecule has 6 nitrogen and oxygen atoms in total. The van der Waals surface area contributed by atoms with Gasteiger partial charge in [0.15, 0.2) is 0 Å². The van der Waals surface area contributed by atoms with E-state index < -0.39 is 6.04 Å². The Hall–Kier alpha value is -3.58. The SMILES string of the molecule is CC(=O)N[C@@H](Cc1c[nH]c2ccccc12)C(=O)Nc1ccc(Oc2ccc(Br)cc2)cc1. The Labute approximate surface area is 194 Å². The Morgan fingerprint density at radius 3 is 2.31 bits per heavy atom. The zero-order valence-corrected chi connectivity index (χ0v) is 19.0. The maximum absolute atomic E-state index is 12.9. The van der Waals surface area contributed by atoms with Gasteiger partial charge in [-0.1, -0.05) is 34.1 Å². The highest BCUT2D eigenvalue weighted by Crippen LogP contribution is 2.25. The number of fused-ring (bicyclic) bond motifs is 1. The molecular weight excluding hydrogens is 470 g/mol. The molecule has 162 valence electrons. The summed E-state index contributed by atoms with van der Waals surface area (Å²) < 4.78 is 6.79. The average Bonchev–Trinajstić information content (AvgIpc) is 3.19. The minimum Gasteiger partial charge on any atom is -0.457 e. The van der Waals surface area contributed by atoms with Crippen molar-refractivity contribution in [2.75, 3.05) is 5.32 Å². The van der Waals surface area contributed by atoms with Crippen LogP contribution in [0.3, 0.4) is 0 Å². The summed E-state index contributed by atoms with van der Waals surface area (Å²) >= 11 is 3.40. The Morgan fingerprint density at radius 1 is 0.969 bits per heavy atom. The van der Waals surface area contributed by atoms with Crippen molar-refractivity contribution in [3.05, 3.63) is 89.0 Å². The zero-order chi connectivity index (χ0) is 22.5. The van der Waals surface area contributed by atoms with E-state index in [2.05, 4.69) is 31.5 Å². The fourth-order valence-electron chi connectivity index (χ4n) is 3.45. The lowest BCUT2D eigenvalue weighted by Gasteiger charge is -2.17. The largest absolute Gasteiger partial charge is 0.457 e. The first kappa shape index (κ1) is 21.6. The molecule has 3 aromatic carbocycles. The van der Waals surface area contributed by atoms with Gasteiger partial charge in [0.1, 0.15) is 17.5 Å². The van der Waals surface area contributed by atoms with Gasteiger partial charge in [-0.15, -0.1) is 0 Å². The van der Waals surface area contributed by atoms with Crippen molar-refractivity contribution in [2.24, 2.45) is 0 Å². The number of carbonyl (C=O) groups excluding carboxylic acids is 2. The molecule has 0 radical (unpaired) electrons. The fourth-order valence-corrected chi connectivity index (χ4v) is 3.71. The molecule has 0 spiro atoms. The number of aromatic nitrogens is 1. The second-order valence-corrected chi connectivity index (χ2v) is 8.30. The lowest BCUT2D eigenvalue weighted by atomic mass is 10.0. The number of hydrogen-bond acceptors (Lipinski definition) is 3. The molecule has 0 saturated heterocycles. The van der Waals surface area contributed by atoms with Gasteiger partial charge in [0, 0.05) is 40.6 Å². The molecule has 4 rings (SSSR count). The van der Waals surface area contributed by atoms with Crippen LogP contribution in [0.25, 0.3) is 10.9 Å². The number of ether oxygens (including phenoxy) is 1. The molecule has 1 heterocycles. The van der Waals surface area contributed by atoms with Crippen LogP contribution < -0.4 is 15.4 Å². The van der Waals surface area contributed by atoms with Crippen LogP contribution in [-0.4, -0.2) is 22.8 Å². The van der Waals surface area contributed by atoms with Crippen molar-refractivity contribution in [3.63, 3.8) is 0 Å². The van der Waals surface area contributed by atoms with Crippen molar-refractivity contribution < 1.29 is 14.3 Å². The molecule has 2 amide bonds. The number of para-hydroxylation sites is 1. The number of rotatable bonds is 7. The van der Waals surface area contributed by atoms with Gasteiger partial charge in [-0.2, -0.15) is 0 Å².